The minimum Gasteiger partial charge on any atom is -0.507 e. The highest BCUT2D eigenvalue weighted by atomic mass is 32.2. The van der Waals surface area contributed by atoms with E-state index in [4.69, 9.17) is 14.2 Å². The molecule has 226 valence electrons. The third kappa shape index (κ3) is 6.37. The molecule has 1 unspecified atom stereocenters. The van der Waals surface area contributed by atoms with Crippen LogP contribution < -0.4 is 4.74 Å². The number of carbonyl (C=O) groups excluding carboxylic acids is 2. The van der Waals surface area contributed by atoms with Crippen LogP contribution in [0.15, 0.2) is 59.0 Å². The summed E-state index contributed by atoms with van der Waals surface area (Å²) in [6, 6.07) is 12.1. The van der Waals surface area contributed by atoms with Gasteiger partial charge in [0.05, 0.1) is 49.5 Å². The maximum absolute atomic E-state index is 13.4. The number of ether oxygens (including phenoxy) is 3. The average Bonchev–Trinajstić information content (AvgIpc) is 3.27. The summed E-state index contributed by atoms with van der Waals surface area (Å²) in [5.41, 5.74) is 0.884. The maximum atomic E-state index is 13.4. The highest BCUT2D eigenvalue weighted by Gasteiger charge is 2.46. The molecule has 11 nitrogen and oxygen atoms in total. The van der Waals surface area contributed by atoms with E-state index in [2.05, 4.69) is 4.90 Å². The molecule has 0 radical (unpaired) electrons. The van der Waals surface area contributed by atoms with E-state index in [1.165, 1.54) is 33.5 Å². The molecule has 5 rings (SSSR count). The van der Waals surface area contributed by atoms with Gasteiger partial charge in [-0.3, -0.25) is 14.5 Å². The van der Waals surface area contributed by atoms with Gasteiger partial charge in [-0.15, -0.1) is 0 Å². The van der Waals surface area contributed by atoms with Gasteiger partial charge in [-0.05, 0) is 55.3 Å². The SMILES string of the molecule is CCOc1ccc(C2/C(=C(\O)c3ccc(S(=O)(=O)N4CCOCC4)cc3)C(=O)C(=O)N2CCCN2CCOCC2)cc1. The Hall–Kier alpha value is -3.29. The second kappa shape index (κ2) is 13.3. The molecule has 3 heterocycles. The van der Waals surface area contributed by atoms with Crippen molar-refractivity contribution in [1.29, 1.82) is 0 Å². The van der Waals surface area contributed by atoms with Gasteiger partial charge in [-0.2, -0.15) is 4.31 Å². The van der Waals surface area contributed by atoms with E-state index < -0.39 is 27.8 Å². The predicted octanol–water partition coefficient (Wildman–Crippen LogP) is 2.25. The van der Waals surface area contributed by atoms with E-state index in [-0.39, 0.29) is 34.9 Å². The van der Waals surface area contributed by atoms with Crippen molar-refractivity contribution in [3.63, 3.8) is 0 Å². The first-order valence-corrected chi connectivity index (χ1v) is 15.7. The maximum Gasteiger partial charge on any atom is 0.295 e. The standard InChI is InChI=1S/C30H37N3O8S/c1-2-41-24-8-4-22(5-9-24)27-26(29(35)30(36)33(27)13-3-12-31-14-18-39-19-15-31)28(34)23-6-10-25(11-7-23)42(37,38)32-16-20-40-21-17-32/h4-11,27,34H,2-3,12-21H2,1H3/b28-26+. The summed E-state index contributed by atoms with van der Waals surface area (Å²) in [5, 5.41) is 11.4. The van der Waals surface area contributed by atoms with Gasteiger partial charge in [-0.25, -0.2) is 8.42 Å². The third-order valence-electron chi connectivity index (χ3n) is 7.76. The van der Waals surface area contributed by atoms with E-state index >= 15 is 0 Å². The number of hydrogen-bond acceptors (Lipinski definition) is 9. The molecule has 0 bridgehead atoms. The number of ketones is 1. The van der Waals surface area contributed by atoms with E-state index in [1.807, 2.05) is 6.92 Å². The number of benzene rings is 2. The molecule has 1 N–H and O–H groups in total. The van der Waals surface area contributed by atoms with Crippen LogP contribution in [0.25, 0.3) is 5.76 Å². The minimum atomic E-state index is -3.73. The molecule has 3 saturated heterocycles. The molecule has 0 aliphatic carbocycles. The second-order valence-electron chi connectivity index (χ2n) is 10.3. The molecule has 2 aromatic carbocycles. The first-order valence-electron chi connectivity index (χ1n) is 14.3. The summed E-state index contributed by atoms with van der Waals surface area (Å²) >= 11 is 0. The fourth-order valence-corrected chi connectivity index (χ4v) is 6.94. The van der Waals surface area contributed by atoms with Crippen LogP contribution in [0, 0.1) is 0 Å². The highest BCUT2D eigenvalue weighted by molar-refractivity contribution is 7.89. The van der Waals surface area contributed by atoms with Crippen LogP contribution in [-0.4, -0.2) is 112 Å². The van der Waals surface area contributed by atoms with Gasteiger partial charge in [0.1, 0.15) is 11.5 Å². The van der Waals surface area contributed by atoms with Crippen LogP contribution >= 0.6 is 0 Å². The molecule has 0 spiro atoms. The minimum absolute atomic E-state index is 0.0284. The van der Waals surface area contributed by atoms with Gasteiger partial charge in [-0.1, -0.05) is 12.1 Å². The Balaban J connectivity index is 1.45. The van der Waals surface area contributed by atoms with Gasteiger partial charge in [0, 0.05) is 44.8 Å². The molecule has 42 heavy (non-hydrogen) atoms. The van der Waals surface area contributed by atoms with Crippen molar-refractivity contribution in [2.24, 2.45) is 0 Å². The van der Waals surface area contributed by atoms with E-state index in [1.54, 1.807) is 24.3 Å². The zero-order valence-electron chi connectivity index (χ0n) is 23.7. The number of Topliss-reactive ketones (excluding diaryl/α,β-unsaturated/α-hetero) is 1. The normalized spacial score (nSPS) is 22.0. The van der Waals surface area contributed by atoms with Gasteiger partial charge >= 0.3 is 0 Å². The third-order valence-corrected chi connectivity index (χ3v) is 9.67. The number of aliphatic hydroxyl groups is 1. The van der Waals surface area contributed by atoms with Gasteiger partial charge in [0.25, 0.3) is 11.7 Å². The number of rotatable bonds is 10. The first-order chi connectivity index (χ1) is 20.3. The average molecular weight is 600 g/mol. The van der Waals surface area contributed by atoms with Gasteiger partial charge < -0.3 is 24.2 Å². The lowest BCUT2D eigenvalue weighted by Gasteiger charge is -2.29. The largest absolute Gasteiger partial charge is 0.507 e. The van der Waals surface area contributed by atoms with Crippen LogP contribution in [0.3, 0.4) is 0 Å². The van der Waals surface area contributed by atoms with Gasteiger partial charge in [0.15, 0.2) is 0 Å². The highest BCUT2D eigenvalue weighted by Crippen LogP contribution is 2.40. The zero-order valence-corrected chi connectivity index (χ0v) is 24.6. The van der Waals surface area contributed by atoms with Crippen LogP contribution in [-0.2, 0) is 29.1 Å². The molecular formula is C30H37N3O8S. The molecule has 3 aliphatic heterocycles. The van der Waals surface area contributed by atoms with Crippen molar-refractivity contribution in [2.75, 3.05) is 72.3 Å². The van der Waals surface area contributed by atoms with E-state index in [0.29, 0.717) is 57.3 Å². The Labute approximate surface area is 246 Å². The molecule has 2 aromatic rings. The van der Waals surface area contributed by atoms with Crippen molar-refractivity contribution in [2.45, 2.75) is 24.3 Å². The first kappa shape index (κ1) is 30.2. The Morgan fingerprint density at radius 2 is 1.52 bits per heavy atom. The molecular weight excluding hydrogens is 562 g/mol. The number of hydrogen-bond donors (Lipinski definition) is 1. The topological polar surface area (TPSA) is 126 Å². The number of likely N-dealkylation sites (tertiary alicyclic amines) is 1. The number of sulfonamides is 1. The van der Waals surface area contributed by atoms with Crippen LogP contribution in [0.4, 0.5) is 0 Å². The van der Waals surface area contributed by atoms with Crippen molar-refractivity contribution < 1.29 is 37.3 Å². The Morgan fingerprint density at radius 3 is 2.14 bits per heavy atom. The summed E-state index contributed by atoms with van der Waals surface area (Å²) in [5.74, 6) is -1.15. The number of carbonyl (C=O) groups is 2. The fraction of sp³-hybridized carbons (Fsp3) is 0.467. The van der Waals surface area contributed by atoms with E-state index in [0.717, 1.165) is 19.6 Å². The van der Waals surface area contributed by atoms with Crippen molar-refractivity contribution in [3.8, 4) is 5.75 Å². The summed E-state index contributed by atoms with van der Waals surface area (Å²) in [4.78, 5) is 30.6. The lowest BCUT2D eigenvalue weighted by atomic mass is 9.95. The Kier molecular flexibility index (Phi) is 9.59. The van der Waals surface area contributed by atoms with E-state index in [9.17, 15) is 23.1 Å². The number of amides is 1. The quantitative estimate of drug-likeness (QED) is 0.249. The molecule has 1 amide bonds. The molecule has 3 fully saturated rings. The molecule has 12 heteroatoms. The van der Waals surface area contributed by atoms with Crippen LogP contribution in [0.1, 0.15) is 30.5 Å². The smallest absolute Gasteiger partial charge is 0.295 e. The summed E-state index contributed by atoms with van der Waals surface area (Å²) < 4.78 is 43.7. The number of nitrogens with zero attached hydrogens (tertiary/aromatic N) is 3. The van der Waals surface area contributed by atoms with Crippen LogP contribution in [0.5, 0.6) is 5.75 Å². The predicted molar refractivity (Wildman–Crippen MR) is 155 cm³/mol. The van der Waals surface area contributed by atoms with Gasteiger partial charge in [0.2, 0.25) is 10.0 Å². The zero-order chi connectivity index (χ0) is 29.7. The lowest BCUT2D eigenvalue weighted by Crippen LogP contribution is -2.40. The summed E-state index contributed by atoms with van der Waals surface area (Å²) in [6.07, 6.45) is 0.648. The van der Waals surface area contributed by atoms with Crippen LogP contribution in [0.2, 0.25) is 0 Å². The second-order valence-corrected chi connectivity index (χ2v) is 12.3. The Bertz CT molecular complexity index is 1400. The lowest BCUT2D eigenvalue weighted by molar-refractivity contribution is -0.140. The molecule has 3 aliphatic rings. The molecule has 0 saturated carbocycles. The number of morpholine rings is 2. The van der Waals surface area contributed by atoms with Crippen molar-refractivity contribution >= 4 is 27.5 Å². The molecule has 1 atom stereocenters. The van der Waals surface area contributed by atoms with Crippen molar-refractivity contribution in [1.82, 2.24) is 14.1 Å². The number of aliphatic hydroxyl groups excluding tert-OH is 1. The summed E-state index contributed by atoms with van der Waals surface area (Å²) in [6.45, 7) is 7.62. The van der Waals surface area contributed by atoms with Crippen molar-refractivity contribution in [3.05, 3.63) is 65.2 Å². The monoisotopic (exact) mass is 599 g/mol. The Morgan fingerprint density at radius 1 is 0.905 bits per heavy atom. The summed E-state index contributed by atoms with van der Waals surface area (Å²) in [7, 11) is -3.73. The fourth-order valence-electron chi connectivity index (χ4n) is 5.54. The molecule has 0 aromatic heterocycles.